The lowest BCUT2D eigenvalue weighted by Gasteiger charge is -2.16. The number of benzene rings is 1. The summed E-state index contributed by atoms with van der Waals surface area (Å²) in [5.41, 5.74) is 8.96. The summed E-state index contributed by atoms with van der Waals surface area (Å²) in [5.74, 6) is 0.321. The molecule has 0 aliphatic carbocycles. The molecule has 0 saturated heterocycles. The molecule has 1 rings (SSSR count). The molecule has 0 aromatic heterocycles. The predicted molar refractivity (Wildman–Crippen MR) is 72.0 cm³/mol. The zero-order chi connectivity index (χ0) is 13.0. The van der Waals surface area contributed by atoms with E-state index in [1.54, 1.807) is 0 Å². The number of nitrogens with two attached hydrogens (primary N) is 1. The van der Waals surface area contributed by atoms with Crippen LogP contribution in [0.5, 0.6) is 0 Å². The molecular formula is C14H22N2O. The number of carbonyl (C=O) groups excluding carboxylic acids is 1. The Hall–Kier alpha value is -1.35. The first-order chi connectivity index (χ1) is 7.91. The second-order valence-corrected chi connectivity index (χ2v) is 4.97. The Kier molecular flexibility index (Phi) is 4.70. The number of aryl methyl sites for hydroxylation is 1. The Bertz CT molecular complexity index is 399. The molecule has 0 fully saturated rings. The van der Waals surface area contributed by atoms with E-state index >= 15 is 0 Å². The SMILES string of the molecule is Cc1cccc(NC(=O)[C@H](N)CC(C)C)c1C. The zero-order valence-electron chi connectivity index (χ0n) is 11.1. The van der Waals surface area contributed by atoms with Crippen molar-refractivity contribution in [3.63, 3.8) is 0 Å². The standard InChI is InChI=1S/C14H22N2O/c1-9(2)8-12(15)14(17)16-13-7-5-6-10(3)11(13)4/h5-7,9,12H,8,15H2,1-4H3,(H,16,17)/t12-/m1/s1. The van der Waals surface area contributed by atoms with Gasteiger partial charge in [0.05, 0.1) is 6.04 Å². The highest BCUT2D eigenvalue weighted by atomic mass is 16.2. The van der Waals surface area contributed by atoms with Gasteiger partial charge in [0.1, 0.15) is 0 Å². The van der Waals surface area contributed by atoms with Gasteiger partial charge in [0.2, 0.25) is 5.91 Å². The van der Waals surface area contributed by atoms with Gasteiger partial charge in [0, 0.05) is 5.69 Å². The van der Waals surface area contributed by atoms with Crippen LogP contribution in [0.1, 0.15) is 31.4 Å². The molecule has 3 nitrogen and oxygen atoms in total. The van der Waals surface area contributed by atoms with Gasteiger partial charge in [-0.05, 0) is 43.4 Å². The molecule has 0 spiro atoms. The van der Waals surface area contributed by atoms with Crippen LogP contribution in [0.2, 0.25) is 0 Å². The summed E-state index contributed by atoms with van der Waals surface area (Å²) in [6.45, 7) is 8.15. The first kappa shape index (κ1) is 13.7. The third kappa shape index (κ3) is 3.86. The maximum atomic E-state index is 11.9. The molecule has 0 bridgehead atoms. The highest BCUT2D eigenvalue weighted by Crippen LogP contribution is 2.18. The van der Waals surface area contributed by atoms with E-state index in [-0.39, 0.29) is 5.91 Å². The van der Waals surface area contributed by atoms with E-state index in [4.69, 9.17) is 5.73 Å². The predicted octanol–water partition coefficient (Wildman–Crippen LogP) is 2.62. The average Bonchev–Trinajstić information content (AvgIpc) is 2.23. The van der Waals surface area contributed by atoms with Crippen molar-refractivity contribution in [2.45, 2.75) is 40.2 Å². The molecule has 3 heteroatoms. The topological polar surface area (TPSA) is 55.1 Å². The van der Waals surface area contributed by atoms with Crippen molar-refractivity contribution in [1.82, 2.24) is 0 Å². The Balaban J connectivity index is 2.71. The zero-order valence-corrected chi connectivity index (χ0v) is 11.1. The summed E-state index contributed by atoms with van der Waals surface area (Å²) in [6, 6.07) is 5.43. The minimum Gasteiger partial charge on any atom is -0.324 e. The molecular weight excluding hydrogens is 212 g/mol. The van der Waals surface area contributed by atoms with Gasteiger partial charge in [-0.3, -0.25) is 4.79 Å². The Labute approximate surface area is 103 Å². The maximum absolute atomic E-state index is 11.9. The molecule has 0 saturated carbocycles. The second-order valence-electron chi connectivity index (χ2n) is 4.97. The number of amides is 1. The van der Waals surface area contributed by atoms with Crippen LogP contribution in [0.25, 0.3) is 0 Å². The monoisotopic (exact) mass is 234 g/mol. The summed E-state index contributed by atoms with van der Waals surface area (Å²) in [6.07, 6.45) is 0.705. The fraction of sp³-hybridized carbons (Fsp3) is 0.500. The van der Waals surface area contributed by atoms with Crippen molar-refractivity contribution < 1.29 is 4.79 Å². The number of hydrogen-bond donors (Lipinski definition) is 2. The number of hydrogen-bond acceptors (Lipinski definition) is 2. The van der Waals surface area contributed by atoms with Gasteiger partial charge < -0.3 is 11.1 Å². The Morgan fingerprint density at radius 2 is 2.00 bits per heavy atom. The number of carbonyl (C=O) groups is 1. The van der Waals surface area contributed by atoms with Crippen molar-refractivity contribution >= 4 is 11.6 Å². The molecule has 94 valence electrons. The molecule has 0 radical (unpaired) electrons. The van der Waals surface area contributed by atoms with Crippen LogP contribution >= 0.6 is 0 Å². The van der Waals surface area contributed by atoms with Crippen LogP contribution in [-0.2, 0) is 4.79 Å². The van der Waals surface area contributed by atoms with Gasteiger partial charge in [0.15, 0.2) is 0 Å². The molecule has 0 heterocycles. The van der Waals surface area contributed by atoms with Crippen molar-refractivity contribution in [2.24, 2.45) is 11.7 Å². The van der Waals surface area contributed by atoms with Crippen LogP contribution in [0.4, 0.5) is 5.69 Å². The summed E-state index contributed by atoms with van der Waals surface area (Å²) in [4.78, 5) is 11.9. The van der Waals surface area contributed by atoms with Gasteiger partial charge in [-0.1, -0.05) is 26.0 Å². The van der Waals surface area contributed by atoms with E-state index < -0.39 is 6.04 Å². The minimum atomic E-state index is -0.435. The van der Waals surface area contributed by atoms with Crippen molar-refractivity contribution in [3.8, 4) is 0 Å². The van der Waals surface area contributed by atoms with E-state index in [1.165, 1.54) is 5.56 Å². The van der Waals surface area contributed by atoms with Crippen LogP contribution in [0, 0.1) is 19.8 Å². The van der Waals surface area contributed by atoms with E-state index in [0.717, 1.165) is 11.3 Å². The molecule has 0 unspecified atom stereocenters. The minimum absolute atomic E-state index is 0.104. The van der Waals surface area contributed by atoms with Crippen LogP contribution in [-0.4, -0.2) is 11.9 Å². The van der Waals surface area contributed by atoms with Crippen LogP contribution in [0.3, 0.4) is 0 Å². The van der Waals surface area contributed by atoms with Gasteiger partial charge in [0.25, 0.3) is 0 Å². The highest BCUT2D eigenvalue weighted by Gasteiger charge is 2.15. The smallest absolute Gasteiger partial charge is 0.241 e. The van der Waals surface area contributed by atoms with Gasteiger partial charge in [-0.15, -0.1) is 0 Å². The quantitative estimate of drug-likeness (QED) is 0.841. The van der Waals surface area contributed by atoms with Crippen LogP contribution in [0.15, 0.2) is 18.2 Å². The summed E-state index contributed by atoms with van der Waals surface area (Å²) < 4.78 is 0. The third-order valence-electron chi connectivity index (χ3n) is 2.92. The number of nitrogens with one attached hydrogen (secondary N) is 1. The summed E-state index contributed by atoms with van der Waals surface area (Å²) >= 11 is 0. The molecule has 0 aliphatic rings. The lowest BCUT2D eigenvalue weighted by Crippen LogP contribution is -2.36. The van der Waals surface area contributed by atoms with Crippen molar-refractivity contribution in [2.75, 3.05) is 5.32 Å². The van der Waals surface area contributed by atoms with Crippen molar-refractivity contribution in [1.29, 1.82) is 0 Å². The maximum Gasteiger partial charge on any atom is 0.241 e. The number of rotatable bonds is 4. The second kappa shape index (κ2) is 5.82. The van der Waals surface area contributed by atoms with E-state index in [9.17, 15) is 4.79 Å². The van der Waals surface area contributed by atoms with E-state index in [0.29, 0.717) is 12.3 Å². The normalized spacial score (nSPS) is 12.6. The summed E-state index contributed by atoms with van der Waals surface area (Å²) in [7, 11) is 0. The molecule has 1 amide bonds. The van der Waals surface area contributed by atoms with E-state index in [2.05, 4.69) is 19.2 Å². The largest absolute Gasteiger partial charge is 0.324 e. The van der Waals surface area contributed by atoms with Crippen LogP contribution < -0.4 is 11.1 Å². The molecule has 3 N–H and O–H groups in total. The lowest BCUT2D eigenvalue weighted by molar-refractivity contribution is -0.117. The number of anilines is 1. The van der Waals surface area contributed by atoms with Gasteiger partial charge in [-0.2, -0.15) is 0 Å². The molecule has 1 atom stereocenters. The van der Waals surface area contributed by atoms with Crippen molar-refractivity contribution in [3.05, 3.63) is 29.3 Å². The summed E-state index contributed by atoms with van der Waals surface area (Å²) in [5, 5.41) is 2.89. The highest BCUT2D eigenvalue weighted by molar-refractivity contribution is 5.95. The lowest BCUT2D eigenvalue weighted by atomic mass is 10.0. The average molecular weight is 234 g/mol. The fourth-order valence-corrected chi connectivity index (χ4v) is 1.73. The molecule has 17 heavy (non-hydrogen) atoms. The van der Waals surface area contributed by atoms with Gasteiger partial charge >= 0.3 is 0 Å². The van der Waals surface area contributed by atoms with E-state index in [1.807, 2.05) is 32.0 Å². The first-order valence-electron chi connectivity index (χ1n) is 6.04. The van der Waals surface area contributed by atoms with Gasteiger partial charge in [-0.25, -0.2) is 0 Å². The Morgan fingerprint density at radius 3 is 2.59 bits per heavy atom. The molecule has 1 aromatic rings. The third-order valence-corrected chi connectivity index (χ3v) is 2.92. The molecule has 1 aromatic carbocycles. The first-order valence-corrected chi connectivity index (χ1v) is 6.04. The Morgan fingerprint density at radius 1 is 1.35 bits per heavy atom. The fourth-order valence-electron chi connectivity index (χ4n) is 1.73. The molecule has 0 aliphatic heterocycles.